The summed E-state index contributed by atoms with van der Waals surface area (Å²) in [6.07, 6.45) is 0. The molecule has 0 spiro atoms. The molecule has 3 nitrogen and oxygen atoms in total. The van der Waals surface area contributed by atoms with E-state index in [1.165, 1.54) is 0 Å². The fraction of sp³-hybridized carbons (Fsp3) is 0.500. The first-order chi connectivity index (χ1) is 8.96. The molecule has 19 heavy (non-hydrogen) atoms. The quantitative estimate of drug-likeness (QED) is 0.827. The van der Waals surface area contributed by atoms with E-state index in [4.69, 9.17) is 9.47 Å². The van der Waals surface area contributed by atoms with Crippen molar-refractivity contribution in [2.75, 3.05) is 13.7 Å². The highest BCUT2D eigenvalue weighted by molar-refractivity contribution is 5.40. The zero-order chi connectivity index (χ0) is 14.3. The van der Waals surface area contributed by atoms with E-state index in [9.17, 15) is 0 Å². The second-order valence-corrected chi connectivity index (χ2v) is 5.29. The molecule has 0 fully saturated rings. The van der Waals surface area contributed by atoms with Crippen LogP contribution in [0.25, 0.3) is 0 Å². The average molecular weight is 261 g/mol. The molecule has 0 aliphatic rings. The summed E-state index contributed by atoms with van der Waals surface area (Å²) in [4.78, 5) is 0. The van der Waals surface area contributed by atoms with Gasteiger partial charge in [-0.1, -0.05) is 5.92 Å². The van der Waals surface area contributed by atoms with Crippen molar-refractivity contribution in [1.29, 1.82) is 0 Å². The Bertz CT molecular complexity index is 464. The maximum atomic E-state index is 5.67. The van der Waals surface area contributed by atoms with Gasteiger partial charge in [0.15, 0.2) is 0 Å². The molecule has 0 bridgehead atoms. The van der Waals surface area contributed by atoms with Gasteiger partial charge < -0.3 is 14.8 Å². The van der Waals surface area contributed by atoms with E-state index >= 15 is 0 Å². The molecule has 0 atom stereocenters. The highest BCUT2D eigenvalue weighted by atomic mass is 16.5. The third-order valence-electron chi connectivity index (χ3n) is 2.55. The molecule has 0 aliphatic carbocycles. The smallest absolute Gasteiger partial charge is 0.149 e. The molecule has 0 aliphatic heterocycles. The van der Waals surface area contributed by atoms with E-state index in [1.54, 1.807) is 14.0 Å². The van der Waals surface area contributed by atoms with Crippen LogP contribution in [0.1, 0.15) is 33.3 Å². The zero-order valence-electron chi connectivity index (χ0n) is 12.5. The molecule has 3 heteroatoms. The number of ether oxygens (including phenoxy) is 2. The molecule has 0 unspecified atom stereocenters. The number of benzene rings is 1. The zero-order valence-corrected chi connectivity index (χ0v) is 12.5. The SMILES string of the molecule is CC#CCOc1ccc(OC)cc1CNC(C)(C)C. The van der Waals surface area contributed by atoms with Gasteiger partial charge in [0.25, 0.3) is 0 Å². The van der Waals surface area contributed by atoms with Gasteiger partial charge in [-0.15, -0.1) is 5.92 Å². The summed E-state index contributed by atoms with van der Waals surface area (Å²) in [5, 5.41) is 3.45. The minimum Gasteiger partial charge on any atom is -0.497 e. The van der Waals surface area contributed by atoms with Crippen LogP contribution in [0.15, 0.2) is 18.2 Å². The van der Waals surface area contributed by atoms with Gasteiger partial charge in [-0.2, -0.15) is 0 Å². The molecule has 0 amide bonds. The van der Waals surface area contributed by atoms with E-state index in [0.29, 0.717) is 6.61 Å². The molecule has 1 N–H and O–H groups in total. The van der Waals surface area contributed by atoms with Crippen molar-refractivity contribution in [3.05, 3.63) is 23.8 Å². The first-order valence-electron chi connectivity index (χ1n) is 6.40. The van der Waals surface area contributed by atoms with E-state index in [1.807, 2.05) is 18.2 Å². The Labute approximate surface area is 116 Å². The third kappa shape index (κ3) is 5.67. The van der Waals surface area contributed by atoms with E-state index in [0.717, 1.165) is 23.6 Å². The lowest BCUT2D eigenvalue weighted by atomic mass is 10.1. The van der Waals surface area contributed by atoms with Crippen LogP contribution >= 0.6 is 0 Å². The van der Waals surface area contributed by atoms with Crippen LogP contribution in [0.4, 0.5) is 0 Å². The summed E-state index contributed by atoms with van der Waals surface area (Å²) in [5.41, 5.74) is 1.14. The van der Waals surface area contributed by atoms with Crippen LogP contribution in [0.2, 0.25) is 0 Å². The second kappa shape index (κ2) is 7.06. The monoisotopic (exact) mass is 261 g/mol. The Morgan fingerprint density at radius 2 is 2.00 bits per heavy atom. The molecule has 1 aromatic carbocycles. The van der Waals surface area contributed by atoms with Crippen LogP contribution in [0.5, 0.6) is 11.5 Å². The predicted octanol–water partition coefficient (Wildman–Crippen LogP) is 2.99. The van der Waals surface area contributed by atoms with Crippen LogP contribution in [0.3, 0.4) is 0 Å². The fourth-order valence-corrected chi connectivity index (χ4v) is 1.51. The van der Waals surface area contributed by atoms with Gasteiger partial charge in [0, 0.05) is 17.6 Å². The minimum atomic E-state index is 0.0591. The second-order valence-electron chi connectivity index (χ2n) is 5.29. The Balaban J connectivity index is 2.84. The lowest BCUT2D eigenvalue weighted by Crippen LogP contribution is -2.35. The summed E-state index contributed by atoms with van der Waals surface area (Å²) < 4.78 is 10.9. The van der Waals surface area contributed by atoms with Gasteiger partial charge in [0.2, 0.25) is 0 Å². The Morgan fingerprint density at radius 3 is 2.58 bits per heavy atom. The van der Waals surface area contributed by atoms with E-state index in [2.05, 4.69) is 37.9 Å². The van der Waals surface area contributed by atoms with Crippen LogP contribution in [0, 0.1) is 11.8 Å². The van der Waals surface area contributed by atoms with Gasteiger partial charge in [-0.3, -0.25) is 0 Å². The van der Waals surface area contributed by atoms with Crippen LogP contribution < -0.4 is 14.8 Å². The lowest BCUT2D eigenvalue weighted by Gasteiger charge is -2.21. The topological polar surface area (TPSA) is 30.5 Å². The lowest BCUT2D eigenvalue weighted by molar-refractivity contribution is 0.355. The van der Waals surface area contributed by atoms with Crippen molar-refractivity contribution in [1.82, 2.24) is 5.32 Å². The summed E-state index contributed by atoms with van der Waals surface area (Å²) in [6, 6.07) is 5.82. The van der Waals surface area contributed by atoms with Crippen molar-refractivity contribution in [3.63, 3.8) is 0 Å². The molecule has 1 aromatic rings. The molecule has 0 aromatic heterocycles. The largest absolute Gasteiger partial charge is 0.497 e. The number of hydrogen-bond acceptors (Lipinski definition) is 3. The highest BCUT2D eigenvalue weighted by Gasteiger charge is 2.11. The summed E-state index contributed by atoms with van der Waals surface area (Å²) in [5.74, 6) is 7.40. The van der Waals surface area contributed by atoms with Gasteiger partial charge in [0.1, 0.15) is 18.1 Å². The van der Waals surface area contributed by atoms with Crippen LogP contribution in [-0.2, 0) is 6.54 Å². The Kier molecular flexibility index (Phi) is 5.72. The molecular formula is C16H23NO2. The Hall–Kier alpha value is -1.66. The van der Waals surface area contributed by atoms with E-state index < -0.39 is 0 Å². The van der Waals surface area contributed by atoms with Crippen molar-refractivity contribution in [2.24, 2.45) is 0 Å². The molecule has 0 radical (unpaired) electrons. The fourth-order valence-electron chi connectivity index (χ4n) is 1.51. The standard InChI is InChI=1S/C16H23NO2/c1-6-7-10-19-15-9-8-14(18-5)11-13(15)12-17-16(2,3)4/h8-9,11,17H,10,12H2,1-5H3. The van der Waals surface area contributed by atoms with Crippen molar-refractivity contribution in [3.8, 4) is 23.3 Å². The first-order valence-corrected chi connectivity index (χ1v) is 6.40. The normalized spacial score (nSPS) is 10.6. The average Bonchev–Trinajstić information content (AvgIpc) is 2.36. The van der Waals surface area contributed by atoms with E-state index in [-0.39, 0.29) is 5.54 Å². The predicted molar refractivity (Wildman–Crippen MR) is 78.5 cm³/mol. The number of rotatable bonds is 5. The molecule has 1 rings (SSSR count). The van der Waals surface area contributed by atoms with Crippen molar-refractivity contribution < 1.29 is 9.47 Å². The number of hydrogen-bond donors (Lipinski definition) is 1. The van der Waals surface area contributed by atoms with Crippen molar-refractivity contribution in [2.45, 2.75) is 39.8 Å². The maximum absolute atomic E-state index is 5.67. The Morgan fingerprint density at radius 1 is 1.26 bits per heavy atom. The first kappa shape index (κ1) is 15.4. The molecule has 0 saturated carbocycles. The number of nitrogens with one attached hydrogen (secondary N) is 1. The molecule has 0 saturated heterocycles. The molecule has 0 heterocycles. The molecular weight excluding hydrogens is 238 g/mol. The summed E-state index contributed by atoms with van der Waals surface area (Å²) in [7, 11) is 1.67. The van der Waals surface area contributed by atoms with Crippen LogP contribution in [-0.4, -0.2) is 19.3 Å². The van der Waals surface area contributed by atoms with Gasteiger partial charge >= 0.3 is 0 Å². The maximum Gasteiger partial charge on any atom is 0.149 e. The minimum absolute atomic E-state index is 0.0591. The van der Waals surface area contributed by atoms with Crippen molar-refractivity contribution >= 4 is 0 Å². The molecule has 104 valence electrons. The highest BCUT2D eigenvalue weighted by Crippen LogP contribution is 2.24. The summed E-state index contributed by atoms with van der Waals surface area (Å²) >= 11 is 0. The van der Waals surface area contributed by atoms with Gasteiger partial charge in [-0.05, 0) is 45.9 Å². The van der Waals surface area contributed by atoms with Gasteiger partial charge in [0.05, 0.1) is 7.11 Å². The van der Waals surface area contributed by atoms with Gasteiger partial charge in [-0.25, -0.2) is 0 Å². The number of methoxy groups -OCH3 is 1. The third-order valence-corrected chi connectivity index (χ3v) is 2.55. The summed E-state index contributed by atoms with van der Waals surface area (Å²) in [6.45, 7) is 9.35.